The molecule has 3 aromatic heterocycles. The number of hydrogen-bond acceptors (Lipinski definition) is 7. The third kappa shape index (κ3) is 5.22. The highest BCUT2D eigenvalue weighted by molar-refractivity contribution is 7.73. The van der Waals surface area contributed by atoms with Gasteiger partial charge < -0.3 is 9.72 Å². The highest BCUT2D eigenvalue weighted by Gasteiger charge is 2.37. The highest BCUT2D eigenvalue weighted by atomic mass is 32.2. The fourth-order valence-corrected chi connectivity index (χ4v) is 7.16. The smallest absolute Gasteiger partial charge is 0.156 e. The lowest BCUT2D eigenvalue weighted by molar-refractivity contribution is -0.0211. The number of thiol groups is 1. The molecule has 2 aliphatic rings. The SMILES string of the molecule is Cc1nc(C2CCC(C(N3CCCC(OCC(C)C)C3)[SH](=O)=O)CC2)c2c(cnc3[nH]ccc32)n1. The molecule has 0 spiro atoms. The van der Waals surface area contributed by atoms with E-state index in [1.165, 1.54) is 0 Å². The number of H-pyrrole nitrogens is 1. The lowest BCUT2D eigenvalue weighted by Crippen LogP contribution is -2.49. The summed E-state index contributed by atoms with van der Waals surface area (Å²) in [5.74, 6) is 1.69. The molecule has 4 heterocycles. The molecule has 1 saturated carbocycles. The Hall–Kier alpha value is -2.10. The summed E-state index contributed by atoms with van der Waals surface area (Å²) in [6, 6.07) is 2.05. The summed E-state index contributed by atoms with van der Waals surface area (Å²) >= 11 is 0. The number of nitrogens with zero attached hydrogens (tertiary/aromatic N) is 4. The van der Waals surface area contributed by atoms with Crippen molar-refractivity contribution < 1.29 is 13.2 Å². The molecule has 5 rings (SSSR count). The maximum Gasteiger partial charge on any atom is 0.156 e. The number of piperidine rings is 1. The average molecular weight is 500 g/mol. The van der Waals surface area contributed by atoms with Crippen LogP contribution in [-0.4, -0.2) is 64.4 Å². The molecule has 2 unspecified atom stereocenters. The minimum atomic E-state index is -2.54. The third-order valence-corrected chi connectivity index (χ3v) is 8.81. The molecule has 0 amide bonds. The van der Waals surface area contributed by atoms with Gasteiger partial charge in [-0.2, -0.15) is 0 Å². The summed E-state index contributed by atoms with van der Waals surface area (Å²) in [5, 5.41) is 1.74. The van der Waals surface area contributed by atoms with E-state index in [9.17, 15) is 8.42 Å². The predicted octanol–water partition coefficient (Wildman–Crippen LogP) is 4.16. The topological polar surface area (TPSA) is 101 Å². The van der Waals surface area contributed by atoms with Crippen LogP contribution in [0.5, 0.6) is 0 Å². The van der Waals surface area contributed by atoms with Gasteiger partial charge >= 0.3 is 0 Å². The molecule has 1 aliphatic heterocycles. The maximum atomic E-state index is 12.5. The van der Waals surface area contributed by atoms with E-state index in [1.54, 1.807) is 0 Å². The second-order valence-electron chi connectivity index (χ2n) is 10.7. The van der Waals surface area contributed by atoms with Crippen molar-refractivity contribution in [3.8, 4) is 0 Å². The number of likely N-dealkylation sites (tertiary alicyclic amines) is 1. The molecule has 1 aliphatic carbocycles. The quantitative estimate of drug-likeness (QED) is 0.471. The van der Waals surface area contributed by atoms with E-state index in [2.05, 4.69) is 33.7 Å². The molecule has 8 nitrogen and oxygen atoms in total. The number of rotatable bonds is 7. The Morgan fingerprint density at radius 3 is 2.71 bits per heavy atom. The summed E-state index contributed by atoms with van der Waals surface area (Å²) in [4.78, 5) is 19.4. The Balaban J connectivity index is 1.33. The van der Waals surface area contributed by atoms with Crippen molar-refractivity contribution in [1.29, 1.82) is 0 Å². The largest absolute Gasteiger partial charge is 0.377 e. The molecular weight excluding hydrogens is 462 g/mol. The Labute approximate surface area is 208 Å². The monoisotopic (exact) mass is 499 g/mol. The van der Waals surface area contributed by atoms with Crippen LogP contribution < -0.4 is 0 Å². The van der Waals surface area contributed by atoms with Gasteiger partial charge in [-0.25, -0.2) is 23.4 Å². The van der Waals surface area contributed by atoms with Crippen molar-refractivity contribution in [1.82, 2.24) is 24.8 Å². The Kier molecular flexibility index (Phi) is 7.37. The van der Waals surface area contributed by atoms with Crippen LogP contribution in [0.25, 0.3) is 21.9 Å². The highest BCUT2D eigenvalue weighted by Crippen LogP contribution is 2.41. The Morgan fingerprint density at radius 1 is 1.17 bits per heavy atom. The standard InChI is InChI=1S/C26H37N5O3S/c1-16(2)15-34-20-5-4-12-31(14-20)26(35(32)33)19-8-6-18(7-9-19)24-23-21-10-11-27-25(21)28-13-22(23)29-17(3)30-24/h10-11,13,16,18-20,26,35H,4-9,12,14-15H2,1-3H3,(H,27,28). The first kappa shape index (κ1) is 24.6. The molecule has 2 fully saturated rings. The van der Waals surface area contributed by atoms with Crippen LogP contribution >= 0.6 is 0 Å². The molecule has 0 aromatic carbocycles. The first-order chi connectivity index (χ1) is 16.9. The number of ether oxygens (including phenoxy) is 1. The zero-order chi connectivity index (χ0) is 24.5. The first-order valence-corrected chi connectivity index (χ1v) is 14.2. The molecule has 1 saturated heterocycles. The van der Waals surface area contributed by atoms with Crippen LogP contribution in [0.4, 0.5) is 0 Å². The second kappa shape index (κ2) is 10.5. The van der Waals surface area contributed by atoms with Crippen LogP contribution in [0.2, 0.25) is 0 Å². The van der Waals surface area contributed by atoms with Crippen molar-refractivity contribution >= 4 is 32.6 Å². The average Bonchev–Trinajstić information content (AvgIpc) is 3.32. The summed E-state index contributed by atoms with van der Waals surface area (Å²) in [6.45, 7) is 8.52. The van der Waals surface area contributed by atoms with Crippen molar-refractivity contribution in [2.45, 2.75) is 76.7 Å². The lowest BCUT2D eigenvalue weighted by atomic mass is 9.79. The van der Waals surface area contributed by atoms with Crippen molar-refractivity contribution in [2.75, 3.05) is 19.7 Å². The first-order valence-electron chi connectivity index (χ1n) is 13.0. The summed E-state index contributed by atoms with van der Waals surface area (Å²) in [5.41, 5.74) is 2.81. The number of nitrogens with one attached hydrogen (secondary N) is 1. The van der Waals surface area contributed by atoms with Gasteiger partial charge in [0.2, 0.25) is 0 Å². The second-order valence-corrected chi connectivity index (χ2v) is 11.8. The molecule has 2 atom stereocenters. The summed E-state index contributed by atoms with van der Waals surface area (Å²) in [7, 11) is -2.54. The molecule has 35 heavy (non-hydrogen) atoms. The molecule has 1 N–H and O–H groups in total. The number of aromatic amines is 1. The fraction of sp³-hybridized carbons (Fsp3) is 0.654. The predicted molar refractivity (Wildman–Crippen MR) is 138 cm³/mol. The van der Waals surface area contributed by atoms with Gasteiger partial charge in [-0.15, -0.1) is 0 Å². The zero-order valence-electron chi connectivity index (χ0n) is 20.9. The maximum absolute atomic E-state index is 12.5. The molecule has 9 heteroatoms. The summed E-state index contributed by atoms with van der Waals surface area (Å²) < 4.78 is 31.1. The molecule has 0 radical (unpaired) electrons. The van der Waals surface area contributed by atoms with Crippen LogP contribution in [0.1, 0.15) is 69.8 Å². The van der Waals surface area contributed by atoms with Crippen LogP contribution in [-0.2, 0) is 15.4 Å². The Morgan fingerprint density at radius 2 is 1.97 bits per heavy atom. The summed E-state index contributed by atoms with van der Waals surface area (Å²) in [6.07, 6.45) is 9.51. The molecule has 0 bridgehead atoms. The Bertz CT molecular complexity index is 1240. The minimum Gasteiger partial charge on any atom is -0.377 e. The van der Waals surface area contributed by atoms with Gasteiger partial charge in [0, 0.05) is 36.0 Å². The number of aromatic nitrogens is 4. The number of hydrogen-bond donors (Lipinski definition) is 2. The number of aryl methyl sites for hydroxylation is 1. The van der Waals surface area contributed by atoms with E-state index >= 15 is 0 Å². The van der Waals surface area contributed by atoms with Gasteiger partial charge in [-0.3, -0.25) is 4.90 Å². The van der Waals surface area contributed by atoms with Gasteiger partial charge in [0.15, 0.2) is 10.7 Å². The van der Waals surface area contributed by atoms with Gasteiger partial charge in [0.1, 0.15) is 16.8 Å². The zero-order valence-corrected chi connectivity index (χ0v) is 21.8. The van der Waals surface area contributed by atoms with E-state index in [-0.39, 0.29) is 12.0 Å². The fourth-order valence-electron chi connectivity index (χ4n) is 6.04. The van der Waals surface area contributed by atoms with Gasteiger partial charge in [-0.05, 0) is 69.9 Å². The molecular formula is C26H37N5O3S. The van der Waals surface area contributed by atoms with E-state index in [4.69, 9.17) is 9.72 Å². The normalized spacial score (nSPS) is 25.1. The van der Waals surface area contributed by atoms with Gasteiger partial charge in [-0.1, -0.05) is 13.8 Å². The molecule has 3 aromatic rings. The van der Waals surface area contributed by atoms with Crippen molar-refractivity contribution in [2.24, 2.45) is 11.8 Å². The van der Waals surface area contributed by atoms with Crippen LogP contribution in [0, 0.1) is 18.8 Å². The molecule has 190 valence electrons. The number of fused-ring (bicyclic) bond motifs is 3. The van der Waals surface area contributed by atoms with Crippen LogP contribution in [0.15, 0.2) is 18.5 Å². The van der Waals surface area contributed by atoms with E-state index < -0.39 is 16.1 Å². The van der Waals surface area contributed by atoms with E-state index in [0.29, 0.717) is 11.8 Å². The number of pyridine rings is 1. The van der Waals surface area contributed by atoms with Gasteiger partial charge in [0.25, 0.3) is 0 Å². The van der Waals surface area contributed by atoms with Crippen molar-refractivity contribution in [3.05, 3.63) is 30.0 Å². The van der Waals surface area contributed by atoms with E-state index in [0.717, 1.165) is 91.7 Å². The van der Waals surface area contributed by atoms with Gasteiger partial charge in [0.05, 0.1) is 23.5 Å². The lowest BCUT2D eigenvalue weighted by Gasteiger charge is -2.41. The van der Waals surface area contributed by atoms with E-state index in [1.807, 2.05) is 25.4 Å². The van der Waals surface area contributed by atoms with Crippen LogP contribution in [0.3, 0.4) is 0 Å². The minimum absolute atomic E-state index is 0.132. The third-order valence-electron chi connectivity index (χ3n) is 7.63. The van der Waals surface area contributed by atoms with Crippen molar-refractivity contribution in [3.63, 3.8) is 0 Å².